The van der Waals surface area contributed by atoms with Gasteiger partial charge in [-0.15, -0.1) is 0 Å². The Morgan fingerprint density at radius 3 is 2.42 bits per heavy atom. The second-order valence-corrected chi connectivity index (χ2v) is 8.52. The molecular weight excluding hydrogens is 390 g/mol. The third-order valence-electron chi connectivity index (χ3n) is 6.23. The highest BCUT2D eigenvalue weighted by atomic mass is 16.2. The smallest absolute Gasteiger partial charge is 0.260 e. The number of rotatable bonds is 7. The highest BCUT2D eigenvalue weighted by molar-refractivity contribution is 6.09. The number of piperidine rings is 1. The van der Waals surface area contributed by atoms with Crippen LogP contribution in [0, 0.1) is 0 Å². The Morgan fingerprint density at radius 2 is 1.65 bits per heavy atom. The van der Waals surface area contributed by atoms with Gasteiger partial charge in [0.15, 0.2) is 0 Å². The van der Waals surface area contributed by atoms with Crippen molar-refractivity contribution in [2.24, 2.45) is 0 Å². The van der Waals surface area contributed by atoms with E-state index in [-0.39, 0.29) is 37.1 Å². The van der Waals surface area contributed by atoms with Gasteiger partial charge in [-0.05, 0) is 36.5 Å². The number of fused-ring (bicyclic) bond motifs is 1. The summed E-state index contributed by atoms with van der Waals surface area (Å²) in [6, 6.07) is 15.6. The normalized spacial score (nSPS) is 16.8. The Bertz CT molecular complexity index is 949. The molecule has 0 atom stereocenters. The van der Waals surface area contributed by atoms with Gasteiger partial charge in [-0.1, -0.05) is 42.5 Å². The third-order valence-corrected chi connectivity index (χ3v) is 6.23. The molecule has 2 N–H and O–H groups in total. The van der Waals surface area contributed by atoms with E-state index in [0.717, 1.165) is 17.7 Å². The second-order valence-electron chi connectivity index (χ2n) is 8.52. The molecule has 31 heavy (non-hydrogen) atoms. The molecular formula is C25H30N3O3+. The largest absolute Gasteiger partial charge is 0.352 e. The molecule has 0 radical (unpaired) electrons. The van der Waals surface area contributed by atoms with Crippen molar-refractivity contribution in [3.8, 4) is 0 Å². The number of amides is 3. The van der Waals surface area contributed by atoms with Gasteiger partial charge in [-0.2, -0.15) is 0 Å². The van der Waals surface area contributed by atoms with Crippen LogP contribution < -0.4 is 10.2 Å². The van der Waals surface area contributed by atoms with E-state index < -0.39 is 0 Å². The molecule has 2 aromatic carbocycles. The van der Waals surface area contributed by atoms with E-state index in [0.29, 0.717) is 12.1 Å². The zero-order valence-corrected chi connectivity index (χ0v) is 17.9. The predicted molar refractivity (Wildman–Crippen MR) is 117 cm³/mol. The Kier molecular flexibility index (Phi) is 6.77. The van der Waals surface area contributed by atoms with E-state index in [1.807, 2.05) is 6.07 Å². The fraction of sp³-hybridized carbons (Fsp3) is 0.400. The van der Waals surface area contributed by atoms with Gasteiger partial charge in [-0.3, -0.25) is 19.3 Å². The minimum atomic E-state index is -0.314. The van der Waals surface area contributed by atoms with Gasteiger partial charge < -0.3 is 10.2 Å². The Hall–Kier alpha value is -2.99. The number of nitrogens with one attached hydrogen (secondary N) is 2. The van der Waals surface area contributed by atoms with Crippen LogP contribution in [-0.2, 0) is 29.1 Å². The van der Waals surface area contributed by atoms with Gasteiger partial charge in [0.2, 0.25) is 11.8 Å². The maximum atomic E-state index is 12.6. The summed E-state index contributed by atoms with van der Waals surface area (Å²) >= 11 is 0. The zero-order chi connectivity index (χ0) is 21.6. The average Bonchev–Trinajstić information content (AvgIpc) is 2.79. The maximum absolute atomic E-state index is 12.6. The van der Waals surface area contributed by atoms with Gasteiger partial charge in [-0.25, -0.2) is 0 Å². The number of imide groups is 1. The van der Waals surface area contributed by atoms with Crippen molar-refractivity contribution >= 4 is 17.7 Å². The van der Waals surface area contributed by atoms with Crippen LogP contribution in [-0.4, -0.2) is 42.3 Å². The SMILES string of the molecule is O=C(CCN1C(=O)Cc2ccccc2C1=O)NCc1ccc(C[NH+]2CCCCC2)cc1. The van der Waals surface area contributed by atoms with Crippen LogP contribution in [0.1, 0.15) is 52.7 Å². The predicted octanol–water partition coefficient (Wildman–Crippen LogP) is 1.49. The minimum Gasteiger partial charge on any atom is -0.352 e. The van der Waals surface area contributed by atoms with Crippen molar-refractivity contribution in [2.45, 2.75) is 45.2 Å². The topological polar surface area (TPSA) is 70.9 Å². The first-order valence-electron chi connectivity index (χ1n) is 11.2. The second kappa shape index (κ2) is 9.88. The number of hydrogen-bond acceptors (Lipinski definition) is 3. The van der Waals surface area contributed by atoms with Crippen LogP contribution in [0.2, 0.25) is 0 Å². The molecule has 0 aromatic heterocycles. The number of nitrogens with zero attached hydrogens (tertiary/aromatic N) is 1. The monoisotopic (exact) mass is 420 g/mol. The molecule has 6 nitrogen and oxygen atoms in total. The molecule has 0 unspecified atom stereocenters. The van der Waals surface area contributed by atoms with Gasteiger partial charge in [0.1, 0.15) is 6.54 Å². The lowest BCUT2D eigenvalue weighted by Crippen LogP contribution is -3.11. The van der Waals surface area contributed by atoms with Gasteiger partial charge in [0, 0.05) is 30.6 Å². The molecule has 6 heteroatoms. The Morgan fingerprint density at radius 1 is 0.935 bits per heavy atom. The maximum Gasteiger partial charge on any atom is 0.260 e. The van der Waals surface area contributed by atoms with Crippen LogP contribution >= 0.6 is 0 Å². The fourth-order valence-corrected chi connectivity index (χ4v) is 4.42. The average molecular weight is 421 g/mol. The quantitative estimate of drug-likeness (QED) is 0.667. The lowest BCUT2D eigenvalue weighted by molar-refractivity contribution is -0.918. The highest BCUT2D eigenvalue weighted by Gasteiger charge is 2.30. The zero-order valence-electron chi connectivity index (χ0n) is 17.9. The highest BCUT2D eigenvalue weighted by Crippen LogP contribution is 2.19. The lowest BCUT2D eigenvalue weighted by atomic mass is 9.98. The van der Waals surface area contributed by atoms with Crippen LogP contribution in [0.4, 0.5) is 0 Å². The van der Waals surface area contributed by atoms with Crippen molar-refractivity contribution in [3.63, 3.8) is 0 Å². The summed E-state index contributed by atoms with van der Waals surface area (Å²) < 4.78 is 0. The van der Waals surface area contributed by atoms with Crippen LogP contribution in [0.3, 0.4) is 0 Å². The van der Waals surface area contributed by atoms with E-state index in [9.17, 15) is 14.4 Å². The van der Waals surface area contributed by atoms with E-state index >= 15 is 0 Å². The van der Waals surface area contributed by atoms with Crippen molar-refractivity contribution in [1.82, 2.24) is 10.2 Å². The van der Waals surface area contributed by atoms with Gasteiger partial charge in [0.25, 0.3) is 5.91 Å². The summed E-state index contributed by atoms with van der Waals surface area (Å²) in [7, 11) is 0. The van der Waals surface area contributed by atoms with Crippen LogP contribution in [0.15, 0.2) is 48.5 Å². The summed E-state index contributed by atoms with van der Waals surface area (Å²) in [5, 5.41) is 2.89. The van der Waals surface area contributed by atoms with Crippen molar-refractivity contribution < 1.29 is 19.3 Å². The summed E-state index contributed by atoms with van der Waals surface area (Å²) in [6.07, 6.45) is 4.31. The standard InChI is InChI=1S/C25H29N3O3/c29-23(12-15-28-24(30)16-21-6-2-3-7-22(21)25(28)31)26-17-19-8-10-20(11-9-19)18-27-13-4-1-5-14-27/h2-3,6-11H,1,4-5,12-18H2,(H,26,29)/p+1. The summed E-state index contributed by atoms with van der Waals surface area (Å²) in [4.78, 5) is 40.0. The molecule has 0 bridgehead atoms. The molecule has 3 amide bonds. The number of quaternary nitrogens is 1. The van der Waals surface area contributed by atoms with Crippen molar-refractivity contribution in [1.29, 1.82) is 0 Å². The summed E-state index contributed by atoms with van der Waals surface area (Å²) in [5.41, 5.74) is 3.68. The third kappa shape index (κ3) is 5.39. The van der Waals surface area contributed by atoms with Crippen LogP contribution in [0.25, 0.3) is 0 Å². The number of carbonyl (C=O) groups is 3. The molecule has 0 saturated carbocycles. The van der Waals surface area contributed by atoms with E-state index in [2.05, 4.69) is 29.6 Å². The number of likely N-dealkylation sites (tertiary alicyclic amines) is 1. The molecule has 162 valence electrons. The first-order valence-corrected chi connectivity index (χ1v) is 11.2. The Labute approximate surface area is 183 Å². The van der Waals surface area contributed by atoms with Crippen LogP contribution in [0.5, 0.6) is 0 Å². The Balaban J connectivity index is 1.23. The molecule has 1 fully saturated rings. The summed E-state index contributed by atoms with van der Waals surface area (Å²) in [6.45, 7) is 4.13. The minimum absolute atomic E-state index is 0.107. The molecule has 1 saturated heterocycles. The molecule has 0 aliphatic carbocycles. The molecule has 2 aromatic rings. The van der Waals surface area contributed by atoms with Crippen molar-refractivity contribution in [2.75, 3.05) is 19.6 Å². The lowest BCUT2D eigenvalue weighted by Gasteiger charge is -2.26. The van der Waals surface area contributed by atoms with E-state index in [1.54, 1.807) is 23.1 Å². The molecule has 0 spiro atoms. The first kappa shape index (κ1) is 21.2. The molecule has 2 aliphatic rings. The first-order chi connectivity index (χ1) is 15.1. The molecule has 4 rings (SSSR count). The molecule has 2 heterocycles. The van der Waals surface area contributed by atoms with Crippen molar-refractivity contribution in [3.05, 3.63) is 70.8 Å². The van der Waals surface area contributed by atoms with Gasteiger partial charge in [0.05, 0.1) is 19.5 Å². The summed E-state index contributed by atoms with van der Waals surface area (Å²) in [5.74, 6) is -0.727. The van der Waals surface area contributed by atoms with Gasteiger partial charge >= 0.3 is 0 Å². The number of hydrogen-bond donors (Lipinski definition) is 2. The van der Waals surface area contributed by atoms with E-state index in [1.165, 1.54) is 42.8 Å². The molecule has 2 aliphatic heterocycles. The fourth-order valence-electron chi connectivity index (χ4n) is 4.42. The number of carbonyl (C=O) groups excluding carboxylic acids is 3. The number of benzene rings is 2. The van der Waals surface area contributed by atoms with E-state index in [4.69, 9.17) is 0 Å².